The number of methoxy groups -OCH3 is 1. The van der Waals surface area contributed by atoms with E-state index in [1.54, 1.807) is 7.11 Å². The van der Waals surface area contributed by atoms with Gasteiger partial charge in [-0.1, -0.05) is 12.1 Å². The fourth-order valence-corrected chi connectivity index (χ4v) is 2.93. The second-order valence-corrected chi connectivity index (χ2v) is 7.38. The number of ether oxygens (including phenoxy) is 2. The molecule has 24 heavy (non-hydrogen) atoms. The van der Waals surface area contributed by atoms with E-state index in [0.29, 0.717) is 0 Å². The molecular formula is C19H30N2O3. The number of carbonyl (C=O) groups excluding carboxylic acids is 1. The highest BCUT2D eigenvalue weighted by Gasteiger charge is 2.25. The van der Waals surface area contributed by atoms with Crippen molar-refractivity contribution < 1.29 is 14.3 Å². The van der Waals surface area contributed by atoms with E-state index in [0.717, 1.165) is 44.6 Å². The number of aryl methyl sites for hydroxylation is 1. The van der Waals surface area contributed by atoms with Gasteiger partial charge < -0.3 is 19.7 Å². The molecule has 1 aromatic rings. The van der Waals surface area contributed by atoms with Gasteiger partial charge in [-0.05, 0) is 64.3 Å². The van der Waals surface area contributed by atoms with E-state index in [1.807, 2.05) is 32.9 Å². The Morgan fingerprint density at radius 2 is 2.00 bits per heavy atom. The van der Waals surface area contributed by atoms with Gasteiger partial charge in [-0.3, -0.25) is 0 Å². The quantitative estimate of drug-likeness (QED) is 0.868. The number of nitrogens with one attached hydrogen (secondary N) is 1. The molecule has 0 radical (unpaired) electrons. The molecule has 1 aliphatic rings. The number of hydrogen-bond acceptors (Lipinski definition) is 4. The summed E-state index contributed by atoms with van der Waals surface area (Å²) in [5.74, 6) is 0.898. The fraction of sp³-hybridized carbons (Fsp3) is 0.632. The van der Waals surface area contributed by atoms with Gasteiger partial charge in [0.05, 0.1) is 7.11 Å². The first-order chi connectivity index (χ1) is 11.4. The lowest BCUT2D eigenvalue weighted by molar-refractivity contribution is 0.0506. The Bertz CT molecular complexity index is 522. The molecule has 0 aliphatic carbocycles. The molecule has 0 aromatic heterocycles. The number of benzene rings is 1. The van der Waals surface area contributed by atoms with E-state index in [9.17, 15) is 4.79 Å². The lowest BCUT2D eigenvalue weighted by atomic mass is 10.1. The van der Waals surface area contributed by atoms with Crippen molar-refractivity contribution in [3.63, 3.8) is 0 Å². The lowest BCUT2D eigenvalue weighted by Crippen LogP contribution is -2.40. The molecule has 0 spiro atoms. The summed E-state index contributed by atoms with van der Waals surface area (Å²) in [5.41, 5.74) is 0.888. The van der Waals surface area contributed by atoms with Crippen molar-refractivity contribution in [2.75, 3.05) is 26.7 Å². The summed E-state index contributed by atoms with van der Waals surface area (Å²) in [5, 5.41) is 2.97. The van der Waals surface area contributed by atoms with Gasteiger partial charge in [-0.25, -0.2) is 4.79 Å². The molecule has 5 heteroatoms. The third-order valence-electron chi connectivity index (χ3n) is 4.09. The summed E-state index contributed by atoms with van der Waals surface area (Å²) in [6, 6.07) is 8.45. The van der Waals surface area contributed by atoms with Crippen molar-refractivity contribution in [1.82, 2.24) is 10.2 Å². The average Bonchev–Trinajstić information content (AvgIpc) is 2.93. The number of amides is 1. The van der Waals surface area contributed by atoms with Gasteiger partial charge in [0.15, 0.2) is 0 Å². The molecular weight excluding hydrogens is 304 g/mol. The molecule has 0 bridgehead atoms. The van der Waals surface area contributed by atoms with Crippen LogP contribution in [0.5, 0.6) is 5.75 Å². The van der Waals surface area contributed by atoms with Crippen LogP contribution < -0.4 is 10.1 Å². The van der Waals surface area contributed by atoms with Crippen LogP contribution in [0.4, 0.5) is 4.79 Å². The minimum Gasteiger partial charge on any atom is -0.497 e. The predicted molar refractivity (Wildman–Crippen MR) is 95.5 cm³/mol. The largest absolute Gasteiger partial charge is 0.497 e. The number of nitrogens with zero attached hydrogens (tertiary/aromatic N) is 1. The summed E-state index contributed by atoms with van der Waals surface area (Å²) in [6.45, 7) is 8.63. The maximum atomic E-state index is 11.8. The normalized spacial score (nSPS) is 18.4. The third-order valence-corrected chi connectivity index (χ3v) is 4.09. The van der Waals surface area contributed by atoms with Crippen LogP contribution in [0.1, 0.15) is 39.2 Å². The number of alkyl carbamates (subject to hydrolysis) is 1. The highest BCUT2D eigenvalue weighted by molar-refractivity contribution is 5.68. The van der Waals surface area contributed by atoms with Crippen LogP contribution in [0.3, 0.4) is 0 Å². The molecule has 1 unspecified atom stereocenters. The molecule has 2 rings (SSSR count). The Morgan fingerprint density at radius 1 is 1.29 bits per heavy atom. The molecule has 1 amide bonds. The summed E-state index contributed by atoms with van der Waals surface area (Å²) < 4.78 is 10.5. The predicted octanol–water partition coefficient (Wildman–Crippen LogP) is 3.23. The monoisotopic (exact) mass is 334 g/mol. The van der Waals surface area contributed by atoms with Crippen molar-refractivity contribution in [3.8, 4) is 5.75 Å². The van der Waals surface area contributed by atoms with Crippen molar-refractivity contribution in [1.29, 1.82) is 0 Å². The van der Waals surface area contributed by atoms with Gasteiger partial charge in [0.2, 0.25) is 0 Å². The molecule has 1 N–H and O–H groups in total. The van der Waals surface area contributed by atoms with Crippen LogP contribution in [0, 0.1) is 0 Å². The van der Waals surface area contributed by atoms with E-state index in [-0.39, 0.29) is 12.1 Å². The van der Waals surface area contributed by atoms with Gasteiger partial charge in [-0.15, -0.1) is 0 Å². The minimum absolute atomic E-state index is 0.195. The Balaban J connectivity index is 1.65. The summed E-state index contributed by atoms with van der Waals surface area (Å²) in [7, 11) is 1.68. The summed E-state index contributed by atoms with van der Waals surface area (Å²) in [6.07, 6.45) is 2.85. The average molecular weight is 334 g/mol. The second-order valence-electron chi connectivity index (χ2n) is 7.38. The molecule has 1 saturated heterocycles. The number of rotatable bonds is 6. The zero-order chi connectivity index (χ0) is 17.6. The zero-order valence-electron chi connectivity index (χ0n) is 15.3. The topological polar surface area (TPSA) is 50.8 Å². The fourth-order valence-electron chi connectivity index (χ4n) is 2.93. The van der Waals surface area contributed by atoms with Gasteiger partial charge >= 0.3 is 6.09 Å². The lowest BCUT2D eigenvalue weighted by Gasteiger charge is -2.22. The standard InChI is InChI=1S/C19H30N2O3/c1-19(2,3)24-18(22)20-16-11-13-21(14-16)12-5-6-15-7-9-17(23-4)10-8-15/h7-10,16H,5-6,11-14H2,1-4H3,(H,20,22). The highest BCUT2D eigenvalue weighted by Crippen LogP contribution is 2.15. The minimum atomic E-state index is -0.444. The molecule has 0 saturated carbocycles. The maximum absolute atomic E-state index is 11.8. The van der Waals surface area contributed by atoms with Gasteiger partial charge in [0, 0.05) is 19.1 Å². The number of carbonyl (C=O) groups is 1. The van der Waals surface area contributed by atoms with Crippen LogP contribution >= 0.6 is 0 Å². The Morgan fingerprint density at radius 3 is 2.62 bits per heavy atom. The summed E-state index contributed by atoms with van der Waals surface area (Å²) >= 11 is 0. The molecule has 1 heterocycles. The van der Waals surface area contributed by atoms with E-state index in [2.05, 4.69) is 22.3 Å². The summed E-state index contributed by atoms with van der Waals surface area (Å²) in [4.78, 5) is 14.2. The van der Waals surface area contributed by atoms with E-state index in [1.165, 1.54) is 5.56 Å². The van der Waals surface area contributed by atoms with Crippen molar-refractivity contribution >= 4 is 6.09 Å². The van der Waals surface area contributed by atoms with E-state index < -0.39 is 5.60 Å². The maximum Gasteiger partial charge on any atom is 0.407 e. The van der Waals surface area contributed by atoms with Gasteiger partial charge in [0.25, 0.3) is 0 Å². The number of likely N-dealkylation sites (tertiary alicyclic amines) is 1. The third kappa shape index (κ3) is 6.40. The van der Waals surface area contributed by atoms with E-state index in [4.69, 9.17) is 9.47 Å². The molecule has 134 valence electrons. The molecule has 1 atom stereocenters. The molecule has 1 fully saturated rings. The van der Waals surface area contributed by atoms with Gasteiger partial charge in [0.1, 0.15) is 11.4 Å². The first-order valence-electron chi connectivity index (χ1n) is 8.70. The van der Waals surface area contributed by atoms with E-state index >= 15 is 0 Å². The Hall–Kier alpha value is -1.75. The van der Waals surface area contributed by atoms with Crippen LogP contribution in [0.25, 0.3) is 0 Å². The Labute approximate surface area is 145 Å². The van der Waals surface area contributed by atoms with Crippen LogP contribution in [0.15, 0.2) is 24.3 Å². The smallest absolute Gasteiger partial charge is 0.407 e. The van der Waals surface area contributed by atoms with Crippen LogP contribution in [-0.4, -0.2) is 49.4 Å². The second kappa shape index (κ2) is 8.38. The SMILES string of the molecule is COc1ccc(CCCN2CCC(NC(=O)OC(C)(C)C)C2)cc1. The first kappa shape index (κ1) is 18.6. The van der Waals surface area contributed by atoms with Crippen molar-refractivity contribution in [2.45, 2.75) is 51.7 Å². The van der Waals surface area contributed by atoms with Crippen LogP contribution in [-0.2, 0) is 11.2 Å². The highest BCUT2D eigenvalue weighted by atomic mass is 16.6. The van der Waals surface area contributed by atoms with Crippen molar-refractivity contribution in [2.24, 2.45) is 0 Å². The molecule has 1 aliphatic heterocycles. The molecule has 1 aromatic carbocycles. The Kier molecular flexibility index (Phi) is 6.49. The molecule has 5 nitrogen and oxygen atoms in total. The van der Waals surface area contributed by atoms with Gasteiger partial charge in [-0.2, -0.15) is 0 Å². The van der Waals surface area contributed by atoms with Crippen molar-refractivity contribution in [3.05, 3.63) is 29.8 Å². The zero-order valence-corrected chi connectivity index (χ0v) is 15.3. The number of hydrogen-bond donors (Lipinski definition) is 1. The van der Waals surface area contributed by atoms with Crippen LogP contribution in [0.2, 0.25) is 0 Å². The first-order valence-corrected chi connectivity index (χ1v) is 8.70.